The molecule has 1 amide bonds. The van der Waals surface area contributed by atoms with Gasteiger partial charge < -0.3 is 5.32 Å². The highest BCUT2D eigenvalue weighted by Gasteiger charge is 2.15. The first-order valence-corrected chi connectivity index (χ1v) is 11.0. The van der Waals surface area contributed by atoms with E-state index < -0.39 is 0 Å². The molecule has 0 unspecified atom stereocenters. The molecule has 0 spiro atoms. The lowest BCUT2D eigenvalue weighted by Gasteiger charge is -2.14. The van der Waals surface area contributed by atoms with E-state index in [0.29, 0.717) is 38.0 Å². The number of benzene rings is 3. The quantitative estimate of drug-likeness (QED) is 0.336. The van der Waals surface area contributed by atoms with Crippen molar-refractivity contribution < 1.29 is 4.79 Å². The predicted octanol–water partition coefficient (Wildman–Crippen LogP) is 4.95. The average molecular weight is 461 g/mol. The summed E-state index contributed by atoms with van der Waals surface area (Å²) in [5.74, 6) is -0.193. The smallest absolute Gasteiger partial charge is 0.266 e. The van der Waals surface area contributed by atoms with E-state index in [-0.39, 0.29) is 17.2 Å². The molecule has 0 saturated heterocycles. The summed E-state index contributed by atoms with van der Waals surface area (Å²) in [6.45, 7) is 1.83. The standard InChI is InChI=1S/C24H17ClN4O2S/c1-15-19(25)6-4-8-20(15)27-22(30)14-32-24-28-21-7-3-2-5-18(21)23(31)29(24)17-11-9-16(13-26)10-12-17/h2-12H,14H2,1H3,(H,27,30). The van der Waals surface area contributed by atoms with Crippen molar-refractivity contribution in [2.75, 3.05) is 11.1 Å². The molecular formula is C24H17ClN4O2S. The van der Waals surface area contributed by atoms with Crippen molar-refractivity contribution >= 4 is 45.9 Å². The zero-order valence-electron chi connectivity index (χ0n) is 17.0. The monoisotopic (exact) mass is 460 g/mol. The lowest BCUT2D eigenvalue weighted by Crippen LogP contribution is -2.23. The summed E-state index contributed by atoms with van der Waals surface area (Å²) in [5.41, 5.74) is 2.79. The molecule has 6 nitrogen and oxygen atoms in total. The number of fused-ring (bicyclic) bond motifs is 1. The van der Waals surface area contributed by atoms with E-state index in [2.05, 4.69) is 16.4 Å². The minimum atomic E-state index is -0.242. The number of hydrogen-bond acceptors (Lipinski definition) is 5. The molecule has 0 aliphatic heterocycles. The van der Waals surface area contributed by atoms with Crippen molar-refractivity contribution in [3.05, 3.63) is 93.2 Å². The molecule has 0 radical (unpaired) electrons. The number of amides is 1. The molecule has 8 heteroatoms. The van der Waals surface area contributed by atoms with Crippen molar-refractivity contribution in [2.45, 2.75) is 12.1 Å². The van der Waals surface area contributed by atoms with Crippen LogP contribution in [0.5, 0.6) is 0 Å². The van der Waals surface area contributed by atoms with Gasteiger partial charge in [-0.25, -0.2) is 4.98 Å². The second kappa shape index (κ2) is 9.27. The fraction of sp³-hybridized carbons (Fsp3) is 0.0833. The van der Waals surface area contributed by atoms with Gasteiger partial charge in [0.05, 0.1) is 34.0 Å². The molecule has 1 aromatic heterocycles. The summed E-state index contributed by atoms with van der Waals surface area (Å²) in [4.78, 5) is 30.5. The Morgan fingerprint density at radius 1 is 1.12 bits per heavy atom. The number of carbonyl (C=O) groups excluding carboxylic acids is 1. The lowest BCUT2D eigenvalue weighted by atomic mass is 10.2. The fourth-order valence-corrected chi connectivity index (χ4v) is 4.17. The van der Waals surface area contributed by atoms with Crippen molar-refractivity contribution in [1.29, 1.82) is 5.26 Å². The summed E-state index contributed by atoms with van der Waals surface area (Å²) >= 11 is 7.29. The van der Waals surface area contributed by atoms with Gasteiger partial charge >= 0.3 is 0 Å². The Bertz CT molecular complexity index is 1430. The number of para-hydroxylation sites is 1. The molecule has 0 aliphatic carbocycles. The van der Waals surface area contributed by atoms with Crippen LogP contribution >= 0.6 is 23.4 Å². The largest absolute Gasteiger partial charge is 0.325 e. The van der Waals surface area contributed by atoms with Gasteiger partial charge in [0.15, 0.2) is 5.16 Å². The van der Waals surface area contributed by atoms with E-state index in [0.717, 1.165) is 17.3 Å². The highest BCUT2D eigenvalue weighted by atomic mass is 35.5. The minimum absolute atomic E-state index is 0.0486. The van der Waals surface area contributed by atoms with Gasteiger partial charge in [-0.3, -0.25) is 14.2 Å². The number of aromatic nitrogens is 2. The normalized spacial score (nSPS) is 10.7. The maximum absolute atomic E-state index is 13.3. The Morgan fingerprint density at radius 3 is 2.62 bits per heavy atom. The molecule has 4 aromatic rings. The van der Waals surface area contributed by atoms with E-state index in [1.165, 1.54) is 4.57 Å². The maximum Gasteiger partial charge on any atom is 0.266 e. The minimum Gasteiger partial charge on any atom is -0.325 e. The number of nitriles is 1. The third-order valence-electron chi connectivity index (χ3n) is 4.87. The Balaban J connectivity index is 1.68. The zero-order chi connectivity index (χ0) is 22.7. The number of halogens is 1. The van der Waals surface area contributed by atoms with Gasteiger partial charge in [0.1, 0.15) is 0 Å². The molecule has 4 rings (SSSR count). The van der Waals surface area contributed by atoms with Crippen LogP contribution in [0.25, 0.3) is 16.6 Å². The average Bonchev–Trinajstić information content (AvgIpc) is 2.81. The Morgan fingerprint density at radius 2 is 1.88 bits per heavy atom. The first-order valence-electron chi connectivity index (χ1n) is 9.68. The van der Waals surface area contributed by atoms with Crippen molar-refractivity contribution in [3.63, 3.8) is 0 Å². The lowest BCUT2D eigenvalue weighted by molar-refractivity contribution is -0.113. The van der Waals surface area contributed by atoms with E-state index in [1.54, 1.807) is 60.7 Å². The molecule has 32 heavy (non-hydrogen) atoms. The van der Waals surface area contributed by atoms with Crippen LogP contribution in [0, 0.1) is 18.3 Å². The van der Waals surface area contributed by atoms with Crippen LogP contribution in [0.1, 0.15) is 11.1 Å². The van der Waals surface area contributed by atoms with Crippen LogP contribution in [0.2, 0.25) is 5.02 Å². The summed E-state index contributed by atoms with van der Waals surface area (Å²) in [5, 5.41) is 13.3. The number of rotatable bonds is 5. The first-order chi connectivity index (χ1) is 15.5. The Hall–Kier alpha value is -3.60. The molecule has 158 valence electrons. The zero-order valence-corrected chi connectivity index (χ0v) is 18.6. The molecule has 3 aromatic carbocycles. The van der Waals surface area contributed by atoms with E-state index >= 15 is 0 Å². The summed E-state index contributed by atoms with van der Waals surface area (Å²) in [7, 11) is 0. The molecule has 0 aliphatic rings. The van der Waals surface area contributed by atoms with E-state index in [4.69, 9.17) is 16.9 Å². The van der Waals surface area contributed by atoms with Crippen molar-refractivity contribution in [1.82, 2.24) is 9.55 Å². The van der Waals surface area contributed by atoms with E-state index in [9.17, 15) is 9.59 Å². The second-order valence-electron chi connectivity index (χ2n) is 6.96. The van der Waals surface area contributed by atoms with Gasteiger partial charge in [-0.05, 0) is 61.0 Å². The number of thioether (sulfide) groups is 1. The highest BCUT2D eigenvalue weighted by molar-refractivity contribution is 7.99. The number of hydrogen-bond donors (Lipinski definition) is 1. The van der Waals surface area contributed by atoms with Crippen LogP contribution < -0.4 is 10.9 Å². The molecular weight excluding hydrogens is 444 g/mol. The van der Waals surface area contributed by atoms with Crippen molar-refractivity contribution in [3.8, 4) is 11.8 Å². The van der Waals surface area contributed by atoms with Gasteiger partial charge in [-0.15, -0.1) is 0 Å². The van der Waals surface area contributed by atoms with Gasteiger partial charge in [0, 0.05) is 10.7 Å². The molecule has 0 saturated carbocycles. The van der Waals surface area contributed by atoms with Gasteiger partial charge in [0.2, 0.25) is 5.91 Å². The van der Waals surface area contributed by atoms with Gasteiger partial charge in [-0.1, -0.05) is 41.6 Å². The van der Waals surface area contributed by atoms with E-state index in [1.807, 2.05) is 13.0 Å². The summed E-state index contributed by atoms with van der Waals surface area (Å²) in [6, 6.07) is 21.1. The molecule has 0 bridgehead atoms. The van der Waals surface area contributed by atoms with Crippen LogP contribution in [0.15, 0.2) is 76.7 Å². The Labute approximate surface area is 193 Å². The maximum atomic E-state index is 13.3. The Kier molecular flexibility index (Phi) is 6.26. The topological polar surface area (TPSA) is 87.8 Å². The van der Waals surface area contributed by atoms with Crippen LogP contribution in [0.3, 0.4) is 0 Å². The number of carbonyl (C=O) groups is 1. The molecule has 0 atom stereocenters. The van der Waals surface area contributed by atoms with Crippen LogP contribution in [-0.2, 0) is 4.79 Å². The SMILES string of the molecule is Cc1c(Cl)cccc1NC(=O)CSc1nc2ccccc2c(=O)n1-c1ccc(C#N)cc1. The summed E-state index contributed by atoms with van der Waals surface area (Å²) < 4.78 is 1.46. The van der Waals surface area contributed by atoms with Crippen LogP contribution in [0.4, 0.5) is 5.69 Å². The fourth-order valence-electron chi connectivity index (χ4n) is 3.18. The highest BCUT2D eigenvalue weighted by Crippen LogP contribution is 2.25. The predicted molar refractivity (Wildman–Crippen MR) is 128 cm³/mol. The third kappa shape index (κ3) is 4.37. The number of nitrogens with one attached hydrogen (secondary N) is 1. The first kappa shape index (κ1) is 21.6. The number of nitrogens with zero attached hydrogens (tertiary/aromatic N) is 3. The van der Waals surface area contributed by atoms with Crippen molar-refractivity contribution in [2.24, 2.45) is 0 Å². The molecule has 0 fully saturated rings. The van der Waals surface area contributed by atoms with Gasteiger partial charge in [-0.2, -0.15) is 5.26 Å². The molecule has 1 heterocycles. The van der Waals surface area contributed by atoms with Gasteiger partial charge in [0.25, 0.3) is 5.56 Å². The second-order valence-corrected chi connectivity index (χ2v) is 8.31. The third-order valence-corrected chi connectivity index (χ3v) is 6.22. The number of anilines is 1. The summed E-state index contributed by atoms with van der Waals surface area (Å²) in [6.07, 6.45) is 0. The van der Waals surface area contributed by atoms with Crippen LogP contribution in [-0.4, -0.2) is 21.2 Å². The molecule has 1 N–H and O–H groups in total.